The molecule has 0 unspecified atom stereocenters. The Bertz CT molecular complexity index is 1150. The number of sulfonamides is 1. The Morgan fingerprint density at radius 3 is 2.93 bits per heavy atom. The van der Waals surface area contributed by atoms with Crippen molar-refractivity contribution in [2.75, 3.05) is 16.6 Å². The van der Waals surface area contributed by atoms with E-state index in [9.17, 15) is 8.42 Å². The molecule has 4 rings (SSSR count). The molecule has 1 aliphatic rings. The van der Waals surface area contributed by atoms with Crippen molar-refractivity contribution in [2.24, 2.45) is 0 Å². The summed E-state index contributed by atoms with van der Waals surface area (Å²) in [6.07, 6.45) is 4.17. The van der Waals surface area contributed by atoms with Crippen LogP contribution in [0, 0.1) is 6.92 Å². The smallest absolute Gasteiger partial charge is 0.263 e. The molecule has 1 aromatic carbocycles. The first kappa shape index (κ1) is 19.5. The second-order valence-corrected chi connectivity index (χ2v) is 8.70. The number of ether oxygens (including phenoxy) is 1. The summed E-state index contributed by atoms with van der Waals surface area (Å²) in [5, 5.41) is 3.53. The number of nitrogens with zero attached hydrogens (tertiary/aromatic N) is 2. The Morgan fingerprint density at radius 2 is 2.14 bits per heavy atom. The highest BCUT2D eigenvalue weighted by molar-refractivity contribution is 7.92. The third-order valence-corrected chi connectivity index (χ3v) is 6.50. The van der Waals surface area contributed by atoms with E-state index in [1.165, 1.54) is 6.07 Å². The van der Waals surface area contributed by atoms with Gasteiger partial charge in [-0.1, -0.05) is 23.7 Å². The van der Waals surface area contributed by atoms with Gasteiger partial charge in [-0.2, -0.15) is 0 Å². The molecule has 3 aromatic rings. The van der Waals surface area contributed by atoms with Crippen molar-refractivity contribution in [2.45, 2.75) is 24.8 Å². The number of benzene rings is 1. The monoisotopic (exact) mass is 430 g/mol. The van der Waals surface area contributed by atoms with Gasteiger partial charge >= 0.3 is 0 Å². The number of hydrogen-bond donors (Lipinski definition) is 2. The number of anilines is 2. The molecule has 150 valence electrons. The Kier molecular flexibility index (Phi) is 5.29. The zero-order valence-electron chi connectivity index (χ0n) is 15.6. The molecule has 0 aliphatic carbocycles. The van der Waals surface area contributed by atoms with Crippen molar-refractivity contribution in [3.63, 3.8) is 0 Å². The number of rotatable bonds is 6. The quantitative estimate of drug-likeness (QED) is 0.618. The van der Waals surface area contributed by atoms with E-state index >= 15 is 0 Å². The fourth-order valence-corrected chi connectivity index (χ4v) is 4.59. The first-order chi connectivity index (χ1) is 13.9. The van der Waals surface area contributed by atoms with Crippen LogP contribution >= 0.6 is 11.6 Å². The zero-order valence-corrected chi connectivity index (χ0v) is 17.2. The summed E-state index contributed by atoms with van der Waals surface area (Å²) in [5.41, 5.74) is 2.32. The van der Waals surface area contributed by atoms with Gasteiger partial charge in [-0.3, -0.25) is 9.71 Å². The normalized spacial score (nSPS) is 12.9. The van der Waals surface area contributed by atoms with Gasteiger partial charge in [-0.15, -0.1) is 0 Å². The van der Waals surface area contributed by atoms with E-state index in [2.05, 4.69) is 20.0 Å². The van der Waals surface area contributed by atoms with Crippen LogP contribution in [0.15, 0.2) is 53.7 Å². The standard InChI is InChI=1S/C20H19ClN4O3S/c1-13-16(21)5-2-6-18(13)29(26,27)25-20-17(10-15-7-9-23-19(15)24-20)28-12-14-4-3-8-22-11-14/h2-6,8,10-11H,7,9,12H2,1H3,(H2,23,24,25). The van der Waals surface area contributed by atoms with E-state index in [1.54, 1.807) is 31.5 Å². The molecule has 0 fully saturated rings. The van der Waals surface area contributed by atoms with E-state index in [-0.39, 0.29) is 17.3 Å². The lowest BCUT2D eigenvalue weighted by atomic mass is 10.2. The largest absolute Gasteiger partial charge is 0.485 e. The van der Waals surface area contributed by atoms with Crippen LogP contribution in [0.25, 0.3) is 0 Å². The maximum Gasteiger partial charge on any atom is 0.263 e. The molecule has 7 nitrogen and oxygen atoms in total. The molecule has 9 heteroatoms. The van der Waals surface area contributed by atoms with Gasteiger partial charge in [0.05, 0.1) is 4.90 Å². The lowest BCUT2D eigenvalue weighted by Crippen LogP contribution is -2.16. The molecule has 2 N–H and O–H groups in total. The Hall–Kier alpha value is -2.84. The van der Waals surface area contributed by atoms with Gasteiger partial charge in [0.15, 0.2) is 11.6 Å². The van der Waals surface area contributed by atoms with E-state index in [4.69, 9.17) is 16.3 Å². The fourth-order valence-electron chi connectivity index (χ4n) is 3.08. The van der Waals surface area contributed by atoms with Gasteiger partial charge < -0.3 is 10.1 Å². The van der Waals surface area contributed by atoms with Crippen molar-refractivity contribution in [3.05, 3.63) is 70.5 Å². The van der Waals surface area contributed by atoms with E-state index in [1.807, 2.05) is 18.2 Å². The SMILES string of the molecule is Cc1c(Cl)cccc1S(=O)(=O)Nc1nc2c(cc1OCc1cccnc1)CCN2. The first-order valence-corrected chi connectivity index (χ1v) is 10.9. The summed E-state index contributed by atoms with van der Waals surface area (Å²) >= 11 is 6.10. The number of fused-ring (bicyclic) bond motifs is 1. The molecule has 1 aliphatic heterocycles. The Labute approximate surface area is 174 Å². The average molecular weight is 431 g/mol. The minimum atomic E-state index is -3.91. The average Bonchev–Trinajstić information content (AvgIpc) is 3.16. The lowest BCUT2D eigenvalue weighted by molar-refractivity contribution is 0.306. The molecule has 0 saturated carbocycles. The molecule has 29 heavy (non-hydrogen) atoms. The number of hydrogen-bond acceptors (Lipinski definition) is 6. The van der Waals surface area contributed by atoms with Crippen molar-refractivity contribution >= 4 is 33.3 Å². The molecule has 3 heterocycles. The number of pyridine rings is 2. The van der Waals surface area contributed by atoms with Crippen molar-refractivity contribution < 1.29 is 13.2 Å². The molecular formula is C20H19ClN4O3S. The van der Waals surface area contributed by atoms with Crippen molar-refractivity contribution in [3.8, 4) is 5.75 Å². The molecular weight excluding hydrogens is 412 g/mol. The topological polar surface area (TPSA) is 93.2 Å². The lowest BCUT2D eigenvalue weighted by Gasteiger charge is -2.16. The number of aromatic nitrogens is 2. The second kappa shape index (κ2) is 7.88. The zero-order chi connectivity index (χ0) is 20.4. The molecule has 0 amide bonds. The summed E-state index contributed by atoms with van der Waals surface area (Å²) in [6.45, 7) is 2.65. The molecule has 0 atom stereocenters. The minimum Gasteiger partial charge on any atom is -0.485 e. The van der Waals surface area contributed by atoms with Gasteiger partial charge in [0.1, 0.15) is 12.4 Å². The van der Waals surface area contributed by atoms with Gasteiger partial charge in [0, 0.05) is 35.1 Å². The van der Waals surface area contributed by atoms with Crippen LogP contribution in [-0.2, 0) is 23.1 Å². The highest BCUT2D eigenvalue weighted by Crippen LogP contribution is 2.33. The molecule has 2 aromatic heterocycles. The van der Waals surface area contributed by atoms with Crippen LogP contribution in [0.1, 0.15) is 16.7 Å². The maximum absolute atomic E-state index is 13.0. The first-order valence-electron chi connectivity index (χ1n) is 9.01. The van der Waals surface area contributed by atoms with Crippen LogP contribution in [0.4, 0.5) is 11.6 Å². The third-order valence-electron chi connectivity index (χ3n) is 4.61. The van der Waals surface area contributed by atoms with E-state index in [0.717, 1.165) is 24.1 Å². The van der Waals surface area contributed by atoms with Gasteiger partial charge in [0.2, 0.25) is 0 Å². The van der Waals surface area contributed by atoms with Crippen LogP contribution in [0.2, 0.25) is 5.02 Å². The van der Waals surface area contributed by atoms with Crippen LogP contribution < -0.4 is 14.8 Å². The molecule has 0 spiro atoms. The predicted molar refractivity (Wildman–Crippen MR) is 112 cm³/mol. The van der Waals surface area contributed by atoms with Crippen molar-refractivity contribution in [1.29, 1.82) is 0 Å². The molecule has 0 radical (unpaired) electrons. The van der Waals surface area contributed by atoms with Gasteiger partial charge in [0.25, 0.3) is 10.0 Å². The summed E-state index contributed by atoms with van der Waals surface area (Å²) in [7, 11) is -3.91. The third kappa shape index (κ3) is 4.13. The van der Waals surface area contributed by atoms with Crippen LogP contribution in [0.3, 0.4) is 0 Å². The highest BCUT2D eigenvalue weighted by atomic mass is 35.5. The van der Waals surface area contributed by atoms with Crippen LogP contribution in [-0.4, -0.2) is 24.9 Å². The maximum atomic E-state index is 13.0. The predicted octanol–water partition coefficient (Wildman–Crippen LogP) is 3.79. The highest BCUT2D eigenvalue weighted by Gasteiger charge is 2.23. The summed E-state index contributed by atoms with van der Waals surface area (Å²) in [5.74, 6) is 1.14. The van der Waals surface area contributed by atoms with Crippen LogP contribution in [0.5, 0.6) is 5.75 Å². The minimum absolute atomic E-state index is 0.0958. The molecule has 0 saturated heterocycles. The summed E-state index contributed by atoms with van der Waals surface area (Å²) in [6, 6.07) is 10.3. The number of nitrogens with one attached hydrogen (secondary N) is 2. The number of halogens is 1. The van der Waals surface area contributed by atoms with Gasteiger partial charge in [-0.05, 0) is 43.2 Å². The fraction of sp³-hybridized carbons (Fsp3) is 0.200. The second-order valence-electron chi connectivity index (χ2n) is 6.64. The Balaban J connectivity index is 1.68. The molecule has 0 bridgehead atoms. The summed E-state index contributed by atoms with van der Waals surface area (Å²) in [4.78, 5) is 8.61. The Morgan fingerprint density at radius 1 is 1.28 bits per heavy atom. The van der Waals surface area contributed by atoms with Gasteiger partial charge in [-0.25, -0.2) is 13.4 Å². The summed E-state index contributed by atoms with van der Waals surface area (Å²) < 4.78 is 34.5. The van der Waals surface area contributed by atoms with Crippen molar-refractivity contribution in [1.82, 2.24) is 9.97 Å². The van der Waals surface area contributed by atoms with E-state index < -0.39 is 10.0 Å². The van der Waals surface area contributed by atoms with E-state index in [0.29, 0.717) is 22.2 Å².